The minimum Gasteiger partial charge on any atom is -0.409 e. The molecular formula is C9H16N4O. The second kappa shape index (κ2) is 3.77. The van der Waals surface area contributed by atoms with E-state index in [1.165, 1.54) is 4.68 Å². The topological polar surface area (TPSA) is 63.3 Å². The number of rotatable bonds is 1. The number of hydrogen-bond acceptors (Lipinski definition) is 4. The zero-order valence-electron chi connectivity index (χ0n) is 9.02. The Kier molecular flexibility index (Phi) is 2.88. The normalized spacial score (nSPS) is 13.3. The lowest BCUT2D eigenvalue weighted by atomic mass is 9.95. The van der Waals surface area contributed by atoms with Crippen LogP contribution in [0.1, 0.15) is 33.5 Å². The summed E-state index contributed by atoms with van der Waals surface area (Å²) in [6, 6.07) is 0. The maximum atomic E-state index is 8.90. The first kappa shape index (κ1) is 10.7. The van der Waals surface area contributed by atoms with Gasteiger partial charge in [0.15, 0.2) is 11.7 Å². The summed E-state index contributed by atoms with van der Waals surface area (Å²) in [4.78, 5) is 4.08. The van der Waals surface area contributed by atoms with Gasteiger partial charge in [-0.2, -0.15) is 5.10 Å². The van der Waals surface area contributed by atoms with Crippen molar-refractivity contribution in [3.8, 4) is 0 Å². The van der Waals surface area contributed by atoms with E-state index in [1.54, 1.807) is 6.33 Å². The maximum Gasteiger partial charge on any atom is 0.175 e. The van der Waals surface area contributed by atoms with Crippen LogP contribution >= 0.6 is 0 Å². The van der Waals surface area contributed by atoms with Crippen LogP contribution in [0.15, 0.2) is 11.5 Å². The monoisotopic (exact) mass is 196 g/mol. The second-order valence-electron chi connectivity index (χ2n) is 4.13. The summed E-state index contributed by atoms with van der Waals surface area (Å²) in [6.07, 6.45) is 2.34. The number of oxime groups is 1. The van der Waals surface area contributed by atoms with E-state index in [1.807, 2.05) is 27.7 Å². The maximum absolute atomic E-state index is 8.90. The first-order valence-corrected chi connectivity index (χ1v) is 4.62. The first-order chi connectivity index (χ1) is 6.49. The number of nitrogens with zero attached hydrogens (tertiary/aromatic N) is 4. The van der Waals surface area contributed by atoms with Gasteiger partial charge < -0.3 is 5.21 Å². The van der Waals surface area contributed by atoms with E-state index < -0.39 is 0 Å². The van der Waals surface area contributed by atoms with Gasteiger partial charge in [-0.3, -0.25) is 0 Å². The summed E-state index contributed by atoms with van der Waals surface area (Å²) in [7, 11) is 0. The van der Waals surface area contributed by atoms with Crippen molar-refractivity contribution >= 4 is 5.84 Å². The van der Waals surface area contributed by atoms with Crippen molar-refractivity contribution in [3.63, 3.8) is 0 Å². The standard InChI is InChI=1S/C9H16N4O/c1-5-7-10-6-13(11-7)8(12-14)9(2,3)4/h6,14H,5H2,1-4H3. The molecule has 5 nitrogen and oxygen atoms in total. The molecule has 0 aliphatic carbocycles. The van der Waals surface area contributed by atoms with Gasteiger partial charge in [0.25, 0.3) is 0 Å². The molecular weight excluding hydrogens is 180 g/mol. The van der Waals surface area contributed by atoms with E-state index in [2.05, 4.69) is 15.2 Å². The Labute approximate surface area is 83.5 Å². The van der Waals surface area contributed by atoms with E-state index >= 15 is 0 Å². The molecule has 0 aliphatic rings. The molecule has 0 radical (unpaired) electrons. The van der Waals surface area contributed by atoms with Crippen LogP contribution in [0, 0.1) is 5.41 Å². The summed E-state index contributed by atoms with van der Waals surface area (Å²) >= 11 is 0. The molecule has 0 spiro atoms. The highest BCUT2D eigenvalue weighted by molar-refractivity contribution is 5.87. The van der Waals surface area contributed by atoms with Gasteiger partial charge in [0.05, 0.1) is 0 Å². The Bertz CT molecular complexity index is 335. The van der Waals surface area contributed by atoms with Crippen molar-refractivity contribution in [2.45, 2.75) is 34.1 Å². The van der Waals surface area contributed by atoms with Crippen molar-refractivity contribution in [2.24, 2.45) is 10.6 Å². The van der Waals surface area contributed by atoms with E-state index in [0.29, 0.717) is 5.84 Å². The Morgan fingerprint density at radius 2 is 2.21 bits per heavy atom. The molecule has 0 unspecified atom stereocenters. The van der Waals surface area contributed by atoms with Crippen LogP contribution in [0.3, 0.4) is 0 Å². The molecule has 1 aromatic rings. The fourth-order valence-corrected chi connectivity index (χ4v) is 1.10. The van der Waals surface area contributed by atoms with Crippen molar-refractivity contribution in [3.05, 3.63) is 12.2 Å². The van der Waals surface area contributed by atoms with Crippen LogP contribution in [-0.2, 0) is 6.42 Å². The number of aromatic nitrogens is 3. The first-order valence-electron chi connectivity index (χ1n) is 4.62. The molecule has 0 bridgehead atoms. The summed E-state index contributed by atoms with van der Waals surface area (Å²) in [5.74, 6) is 1.24. The van der Waals surface area contributed by atoms with Gasteiger partial charge >= 0.3 is 0 Å². The molecule has 0 saturated carbocycles. The molecule has 0 aliphatic heterocycles. The SMILES string of the molecule is CCc1ncn(C(=NO)C(C)(C)C)n1. The fourth-order valence-electron chi connectivity index (χ4n) is 1.10. The third-order valence-electron chi connectivity index (χ3n) is 1.84. The molecule has 5 heteroatoms. The van der Waals surface area contributed by atoms with Gasteiger partial charge in [0.1, 0.15) is 6.33 Å². The predicted octanol–water partition coefficient (Wildman–Crippen LogP) is 1.52. The van der Waals surface area contributed by atoms with Crippen LogP contribution in [0.25, 0.3) is 0 Å². The highest BCUT2D eigenvalue weighted by atomic mass is 16.4. The molecule has 0 saturated heterocycles. The average molecular weight is 196 g/mol. The van der Waals surface area contributed by atoms with Crippen LogP contribution in [0.4, 0.5) is 0 Å². The molecule has 0 aromatic carbocycles. The summed E-state index contributed by atoms with van der Waals surface area (Å²) < 4.78 is 1.51. The zero-order valence-corrected chi connectivity index (χ0v) is 9.02. The van der Waals surface area contributed by atoms with Gasteiger partial charge in [-0.25, -0.2) is 9.67 Å². The van der Waals surface area contributed by atoms with Crippen molar-refractivity contribution in [2.75, 3.05) is 0 Å². The van der Waals surface area contributed by atoms with Crippen molar-refractivity contribution < 1.29 is 5.21 Å². The molecule has 1 N–H and O–H groups in total. The quantitative estimate of drug-likeness (QED) is 0.320. The predicted molar refractivity (Wildman–Crippen MR) is 53.5 cm³/mol. The molecule has 0 atom stereocenters. The fraction of sp³-hybridized carbons (Fsp3) is 0.667. The van der Waals surface area contributed by atoms with E-state index in [9.17, 15) is 0 Å². The Morgan fingerprint density at radius 3 is 2.57 bits per heavy atom. The van der Waals surface area contributed by atoms with Crippen LogP contribution in [0.2, 0.25) is 0 Å². The molecule has 1 rings (SSSR count). The molecule has 78 valence electrons. The van der Waals surface area contributed by atoms with Crippen LogP contribution in [-0.4, -0.2) is 25.8 Å². The van der Waals surface area contributed by atoms with E-state index in [-0.39, 0.29) is 5.41 Å². The molecule has 1 aromatic heterocycles. The lowest BCUT2D eigenvalue weighted by Gasteiger charge is -2.18. The summed E-state index contributed by atoms with van der Waals surface area (Å²) in [6.45, 7) is 7.84. The number of aryl methyl sites for hydroxylation is 1. The van der Waals surface area contributed by atoms with E-state index in [4.69, 9.17) is 5.21 Å². The molecule has 1 heterocycles. The molecule has 0 fully saturated rings. The van der Waals surface area contributed by atoms with Crippen molar-refractivity contribution in [1.29, 1.82) is 0 Å². The van der Waals surface area contributed by atoms with Crippen LogP contribution in [0.5, 0.6) is 0 Å². The Hall–Kier alpha value is -1.39. The summed E-state index contributed by atoms with van der Waals surface area (Å²) in [5, 5.41) is 16.3. The molecule has 0 amide bonds. The highest BCUT2D eigenvalue weighted by Crippen LogP contribution is 2.16. The zero-order chi connectivity index (χ0) is 10.8. The third-order valence-corrected chi connectivity index (χ3v) is 1.84. The molecule has 14 heavy (non-hydrogen) atoms. The van der Waals surface area contributed by atoms with Gasteiger partial charge in [0, 0.05) is 11.8 Å². The third kappa shape index (κ3) is 2.10. The lowest BCUT2D eigenvalue weighted by Crippen LogP contribution is -2.28. The van der Waals surface area contributed by atoms with Gasteiger partial charge in [-0.1, -0.05) is 32.9 Å². The van der Waals surface area contributed by atoms with E-state index in [0.717, 1.165) is 12.2 Å². The average Bonchev–Trinajstić information content (AvgIpc) is 2.51. The van der Waals surface area contributed by atoms with Gasteiger partial charge in [0.2, 0.25) is 0 Å². The largest absolute Gasteiger partial charge is 0.409 e. The Morgan fingerprint density at radius 1 is 1.57 bits per heavy atom. The second-order valence-corrected chi connectivity index (χ2v) is 4.13. The van der Waals surface area contributed by atoms with Gasteiger partial charge in [-0.05, 0) is 0 Å². The minimum atomic E-state index is -0.256. The minimum absolute atomic E-state index is 0.256. The highest BCUT2D eigenvalue weighted by Gasteiger charge is 2.22. The smallest absolute Gasteiger partial charge is 0.175 e. The lowest BCUT2D eigenvalue weighted by molar-refractivity contribution is 0.306. The number of hydrogen-bond donors (Lipinski definition) is 1. The van der Waals surface area contributed by atoms with Crippen LogP contribution < -0.4 is 0 Å². The van der Waals surface area contributed by atoms with Crippen molar-refractivity contribution in [1.82, 2.24) is 14.8 Å². The summed E-state index contributed by atoms with van der Waals surface area (Å²) in [5.41, 5.74) is -0.256. The Balaban J connectivity index is 3.03. The van der Waals surface area contributed by atoms with Gasteiger partial charge in [-0.15, -0.1) is 0 Å².